The molecule has 5 nitrogen and oxygen atoms in total. The van der Waals surface area contributed by atoms with Gasteiger partial charge in [0, 0.05) is 19.3 Å². The standard InChI is InChI=1S/C13H18F4N4O/c1-20-9(6-18)10(19)21(8-4-2-3-5-8)7-12(14,11(20)22)13(15,16)17/h6,8,18H,2-5,7,19H2,1H3. The lowest BCUT2D eigenvalue weighted by molar-refractivity contribution is -0.233. The van der Waals surface area contributed by atoms with Crippen LogP contribution in [0.3, 0.4) is 0 Å². The van der Waals surface area contributed by atoms with Crippen molar-refractivity contribution < 1.29 is 22.4 Å². The number of nitrogens with one attached hydrogen (secondary N) is 1. The van der Waals surface area contributed by atoms with Gasteiger partial charge in [-0.3, -0.25) is 4.79 Å². The van der Waals surface area contributed by atoms with Gasteiger partial charge in [0.25, 0.3) is 11.6 Å². The van der Waals surface area contributed by atoms with Crippen molar-refractivity contribution in [3.63, 3.8) is 0 Å². The Hall–Kier alpha value is -1.80. The number of carbonyl (C=O) groups excluding carboxylic acids is 1. The number of nitrogens with zero attached hydrogens (tertiary/aromatic N) is 2. The summed E-state index contributed by atoms with van der Waals surface area (Å²) in [6.07, 6.45) is -1.90. The number of nitrogens with two attached hydrogens (primary N) is 1. The van der Waals surface area contributed by atoms with Gasteiger partial charge in [-0.15, -0.1) is 0 Å². The van der Waals surface area contributed by atoms with Gasteiger partial charge in [-0.25, -0.2) is 4.39 Å². The van der Waals surface area contributed by atoms with Crippen LogP contribution in [-0.2, 0) is 4.79 Å². The first kappa shape index (κ1) is 16.6. The second kappa shape index (κ2) is 5.44. The van der Waals surface area contributed by atoms with E-state index in [2.05, 4.69) is 0 Å². The van der Waals surface area contributed by atoms with Crippen LogP contribution in [0, 0.1) is 5.41 Å². The lowest BCUT2D eigenvalue weighted by Gasteiger charge is -2.35. The van der Waals surface area contributed by atoms with E-state index in [4.69, 9.17) is 11.1 Å². The maximum absolute atomic E-state index is 14.7. The Balaban J connectivity index is 2.53. The fourth-order valence-electron chi connectivity index (χ4n) is 3.01. The molecule has 9 heteroatoms. The average molecular weight is 322 g/mol. The first-order valence-electron chi connectivity index (χ1n) is 6.94. The summed E-state index contributed by atoms with van der Waals surface area (Å²) in [6.45, 7) is -1.17. The molecule has 1 aliphatic heterocycles. The summed E-state index contributed by atoms with van der Waals surface area (Å²) in [5.41, 5.74) is 1.59. The molecule has 1 fully saturated rings. The van der Waals surface area contributed by atoms with Gasteiger partial charge in [0.15, 0.2) is 0 Å². The lowest BCUT2D eigenvalue weighted by atomic mass is 10.0. The summed E-state index contributed by atoms with van der Waals surface area (Å²) < 4.78 is 54.2. The van der Waals surface area contributed by atoms with E-state index in [1.54, 1.807) is 0 Å². The zero-order valence-electron chi connectivity index (χ0n) is 12.1. The molecule has 2 rings (SSSR count). The number of allylic oxidation sites excluding steroid dienone is 1. The molecule has 1 heterocycles. The number of amides is 1. The molecular weight excluding hydrogens is 304 g/mol. The number of halogens is 4. The SMILES string of the molecule is CN1C(=O)C(F)(C(F)(F)F)CN(C2CCCC2)C(N)=C1C=N. The van der Waals surface area contributed by atoms with Gasteiger partial charge >= 0.3 is 6.18 Å². The first-order valence-corrected chi connectivity index (χ1v) is 6.94. The van der Waals surface area contributed by atoms with Crippen molar-refractivity contribution in [2.75, 3.05) is 13.6 Å². The summed E-state index contributed by atoms with van der Waals surface area (Å²) in [7, 11) is 0.994. The van der Waals surface area contributed by atoms with Gasteiger partial charge in [-0.05, 0) is 12.8 Å². The first-order chi connectivity index (χ1) is 10.1. The molecule has 1 atom stereocenters. The van der Waals surface area contributed by atoms with Gasteiger partial charge < -0.3 is 20.9 Å². The third kappa shape index (κ3) is 2.42. The molecule has 124 valence electrons. The highest BCUT2D eigenvalue weighted by Crippen LogP contribution is 2.41. The highest BCUT2D eigenvalue weighted by molar-refractivity contribution is 5.93. The lowest BCUT2D eigenvalue weighted by Crippen LogP contribution is -2.58. The van der Waals surface area contributed by atoms with Crippen molar-refractivity contribution in [3.8, 4) is 0 Å². The van der Waals surface area contributed by atoms with E-state index in [9.17, 15) is 22.4 Å². The Labute approximate surface area is 125 Å². The number of rotatable bonds is 2. The van der Waals surface area contributed by atoms with Gasteiger partial charge in [0.05, 0.1) is 6.54 Å². The Bertz CT molecular complexity index is 513. The summed E-state index contributed by atoms with van der Waals surface area (Å²) in [5.74, 6) is -1.91. The van der Waals surface area contributed by atoms with Crippen LogP contribution in [0.25, 0.3) is 0 Å². The van der Waals surface area contributed by atoms with Crippen LogP contribution in [0.5, 0.6) is 0 Å². The van der Waals surface area contributed by atoms with Crippen LogP contribution in [0.4, 0.5) is 17.6 Å². The van der Waals surface area contributed by atoms with Crippen molar-refractivity contribution in [1.82, 2.24) is 9.80 Å². The Morgan fingerprint density at radius 3 is 2.36 bits per heavy atom. The second-order valence-corrected chi connectivity index (χ2v) is 5.64. The summed E-state index contributed by atoms with van der Waals surface area (Å²) in [5, 5.41) is 7.30. The second-order valence-electron chi connectivity index (χ2n) is 5.64. The molecule has 1 saturated carbocycles. The normalized spacial score (nSPS) is 28.3. The molecule has 22 heavy (non-hydrogen) atoms. The summed E-state index contributed by atoms with van der Waals surface area (Å²) >= 11 is 0. The van der Waals surface area contributed by atoms with Crippen molar-refractivity contribution in [2.45, 2.75) is 43.6 Å². The van der Waals surface area contributed by atoms with Gasteiger partial charge in [0.1, 0.15) is 11.5 Å². The Morgan fingerprint density at radius 2 is 1.91 bits per heavy atom. The monoisotopic (exact) mass is 322 g/mol. The quantitative estimate of drug-likeness (QED) is 0.601. The topological polar surface area (TPSA) is 73.4 Å². The Kier molecular flexibility index (Phi) is 4.09. The van der Waals surface area contributed by atoms with Crippen LogP contribution in [0.15, 0.2) is 11.5 Å². The molecular formula is C13H18F4N4O. The van der Waals surface area contributed by atoms with Crippen LogP contribution in [0.1, 0.15) is 25.7 Å². The number of hydrogen-bond donors (Lipinski definition) is 2. The van der Waals surface area contributed by atoms with Gasteiger partial charge in [-0.2, -0.15) is 13.2 Å². The highest BCUT2D eigenvalue weighted by atomic mass is 19.4. The minimum Gasteiger partial charge on any atom is -0.384 e. The zero-order chi connectivity index (χ0) is 16.7. The predicted octanol–water partition coefficient (Wildman–Crippen LogP) is 1.75. The number of hydrogen-bond acceptors (Lipinski definition) is 4. The largest absolute Gasteiger partial charge is 0.433 e. The third-order valence-electron chi connectivity index (χ3n) is 4.32. The van der Waals surface area contributed by atoms with E-state index >= 15 is 0 Å². The molecule has 0 spiro atoms. The van der Waals surface area contributed by atoms with Crippen LogP contribution in [0.2, 0.25) is 0 Å². The fraction of sp³-hybridized carbons (Fsp3) is 0.692. The van der Waals surface area contributed by atoms with Gasteiger partial charge in [-0.1, -0.05) is 12.8 Å². The van der Waals surface area contributed by atoms with E-state index in [-0.39, 0.29) is 17.6 Å². The molecule has 0 bridgehead atoms. The zero-order valence-corrected chi connectivity index (χ0v) is 12.1. The van der Waals surface area contributed by atoms with E-state index in [0.717, 1.165) is 24.8 Å². The number of carbonyl (C=O) groups is 1. The minimum atomic E-state index is -5.35. The molecule has 1 aliphatic carbocycles. The third-order valence-corrected chi connectivity index (χ3v) is 4.32. The molecule has 3 N–H and O–H groups in total. The van der Waals surface area contributed by atoms with E-state index in [1.807, 2.05) is 0 Å². The molecule has 0 radical (unpaired) electrons. The fourth-order valence-corrected chi connectivity index (χ4v) is 3.01. The van der Waals surface area contributed by atoms with Crippen LogP contribution < -0.4 is 5.73 Å². The average Bonchev–Trinajstić information content (AvgIpc) is 2.94. The van der Waals surface area contributed by atoms with E-state index < -0.39 is 24.3 Å². The highest BCUT2D eigenvalue weighted by Gasteiger charge is 2.65. The molecule has 0 aromatic carbocycles. The molecule has 2 aliphatic rings. The number of alkyl halides is 4. The van der Waals surface area contributed by atoms with Crippen molar-refractivity contribution in [2.24, 2.45) is 5.73 Å². The van der Waals surface area contributed by atoms with Crippen molar-refractivity contribution >= 4 is 12.1 Å². The molecule has 0 saturated heterocycles. The van der Waals surface area contributed by atoms with Crippen molar-refractivity contribution in [3.05, 3.63) is 11.5 Å². The van der Waals surface area contributed by atoms with E-state index in [0.29, 0.717) is 24.0 Å². The maximum Gasteiger partial charge on any atom is 0.433 e. The summed E-state index contributed by atoms with van der Waals surface area (Å²) in [6, 6.07) is -0.355. The molecule has 1 amide bonds. The maximum atomic E-state index is 14.7. The van der Waals surface area contributed by atoms with Crippen LogP contribution >= 0.6 is 0 Å². The predicted molar refractivity (Wildman–Crippen MR) is 71.6 cm³/mol. The summed E-state index contributed by atoms with van der Waals surface area (Å²) in [4.78, 5) is 13.6. The van der Waals surface area contributed by atoms with E-state index in [1.165, 1.54) is 0 Å². The molecule has 0 aromatic rings. The Morgan fingerprint density at radius 1 is 1.36 bits per heavy atom. The smallest absolute Gasteiger partial charge is 0.384 e. The van der Waals surface area contributed by atoms with Crippen molar-refractivity contribution in [1.29, 1.82) is 5.41 Å². The minimum absolute atomic E-state index is 0.165. The molecule has 1 unspecified atom stereocenters. The van der Waals surface area contributed by atoms with Gasteiger partial charge in [0.2, 0.25) is 0 Å². The van der Waals surface area contributed by atoms with Crippen LogP contribution in [-0.4, -0.2) is 53.4 Å². The molecule has 0 aromatic heterocycles.